The highest BCUT2D eigenvalue weighted by molar-refractivity contribution is 7.89. The van der Waals surface area contributed by atoms with E-state index in [1.165, 1.54) is 32.1 Å². The Hall–Kier alpha value is -2.04. The Kier molecular flexibility index (Phi) is 13.5. The lowest BCUT2D eigenvalue weighted by Crippen LogP contribution is -2.51. The van der Waals surface area contributed by atoms with E-state index in [1.54, 1.807) is 24.0 Å². The van der Waals surface area contributed by atoms with Crippen LogP contribution in [0.2, 0.25) is 0 Å². The molecular formula is C27H44FN3O5S. The number of rotatable bonds is 16. The van der Waals surface area contributed by atoms with Gasteiger partial charge in [-0.3, -0.25) is 9.59 Å². The second kappa shape index (κ2) is 16.0. The Morgan fingerprint density at radius 1 is 1.11 bits per heavy atom. The van der Waals surface area contributed by atoms with Gasteiger partial charge in [0.15, 0.2) is 0 Å². The molecule has 1 aliphatic rings. The number of unbranched alkanes of at least 4 members (excludes halogenated alkanes) is 4. The van der Waals surface area contributed by atoms with Crippen molar-refractivity contribution in [3.05, 3.63) is 35.6 Å². The van der Waals surface area contributed by atoms with E-state index < -0.39 is 10.0 Å². The molecule has 0 N–H and O–H groups in total. The zero-order chi connectivity index (χ0) is 27.3. The van der Waals surface area contributed by atoms with E-state index in [1.807, 2.05) is 4.90 Å². The van der Waals surface area contributed by atoms with Gasteiger partial charge in [0.05, 0.1) is 18.9 Å². The molecule has 1 heterocycles. The number of likely N-dealkylation sites (tertiary alicyclic amines) is 1. The van der Waals surface area contributed by atoms with Crippen LogP contribution in [0.4, 0.5) is 4.39 Å². The molecule has 1 aromatic rings. The van der Waals surface area contributed by atoms with Gasteiger partial charge in [-0.15, -0.1) is 0 Å². The lowest BCUT2D eigenvalue weighted by Gasteiger charge is -2.39. The van der Waals surface area contributed by atoms with Crippen LogP contribution >= 0.6 is 0 Å². The first-order valence-corrected chi connectivity index (χ1v) is 15.1. The molecule has 1 aliphatic heterocycles. The fourth-order valence-corrected chi connectivity index (χ4v) is 5.68. The van der Waals surface area contributed by atoms with E-state index in [0.29, 0.717) is 37.9 Å². The topological polar surface area (TPSA) is 87.2 Å². The van der Waals surface area contributed by atoms with Gasteiger partial charge in [-0.2, -0.15) is 4.31 Å². The Morgan fingerprint density at radius 2 is 1.81 bits per heavy atom. The average Bonchev–Trinajstić information content (AvgIpc) is 2.89. The maximum Gasteiger partial charge on any atom is 0.238 e. The van der Waals surface area contributed by atoms with Gasteiger partial charge in [0.2, 0.25) is 21.8 Å². The van der Waals surface area contributed by atoms with E-state index in [-0.39, 0.29) is 55.7 Å². The molecule has 2 amide bonds. The summed E-state index contributed by atoms with van der Waals surface area (Å²) in [6.45, 7) is 4.94. The summed E-state index contributed by atoms with van der Waals surface area (Å²) in [6, 6.07) is 5.93. The molecule has 0 bridgehead atoms. The molecule has 0 aromatic heterocycles. The molecular weight excluding hydrogens is 497 g/mol. The molecule has 1 saturated heterocycles. The van der Waals surface area contributed by atoms with E-state index in [0.717, 1.165) is 23.6 Å². The van der Waals surface area contributed by atoms with Crippen molar-refractivity contribution in [3.63, 3.8) is 0 Å². The fraction of sp³-hybridized carbons (Fsp3) is 0.704. The van der Waals surface area contributed by atoms with Gasteiger partial charge in [-0.05, 0) is 43.9 Å². The Morgan fingerprint density at radius 3 is 2.43 bits per heavy atom. The largest absolute Gasteiger partial charge is 0.383 e. The lowest BCUT2D eigenvalue weighted by molar-refractivity contribution is -0.137. The zero-order valence-electron chi connectivity index (χ0n) is 22.7. The predicted molar refractivity (Wildman–Crippen MR) is 143 cm³/mol. The number of ether oxygens (including phenoxy) is 1. The van der Waals surface area contributed by atoms with Crippen LogP contribution in [0.25, 0.3) is 0 Å². The molecule has 2 rings (SSSR count). The number of amides is 2. The summed E-state index contributed by atoms with van der Waals surface area (Å²) in [6.07, 6.45) is 7.21. The van der Waals surface area contributed by atoms with Crippen molar-refractivity contribution in [1.82, 2.24) is 14.1 Å². The van der Waals surface area contributed by atoms with Crippen LogP contribution in [0.5, 0.6) is 0 Å². The van der Waals surface area contributed by atoms with Crippen molar-refractivity contribution in [1.29, 1.82) is 0 Å². The van der Waals surface area contributed by atoms with Crippen molar-refractivity contribution in [2.24, 2.45) is 0 Å². The van der Waals surface area contributed by atoms with E-state index in [4.69, 9.17) is 4.74 Å². The Labute approximate surface area is 222 Å². The minimum absolute atomic E-state index is 0.0808. The van der Waals surface area contributed by atoms with Gasteiger partial charge in [0, 0.05) is 45.8 Å². The number of piperidine rings is 1. The number of hydrogen-bond acceptors (Lipinski definition) is 5. The molecule has 37 heavy (non-hydrogen) atoms. The molecule has 210 valence electrons. The third-order valence-electron chi connectivity index (χ3n) is 6.93. The first-order valence-electron chi connectivity index (χ1n) is 13.5. The van der Waals surface area contributed by atoms with Gasteiger partial charge in [0.1, 0.15) is 5.82 Å². The summed E-state index contributed by atoms with van der Waals surface area (Å²) in [4.78, 5) is 29.7. The van der Waals surface area contributed by atoms with E-state index in [2.05, 4.69) is 6.92 Å². The van der Waals surface area contributed by atoms with Gasteiger partial charge in [-0.1, -0.05) is 44.7 Å². The highest BCUT2D eigenvalue weighted by Crippen LogP contribution is 2.22. The molecule has 1 fully saturated rings. The molecule has 0 aliphatic carbocycles. The number of halogens is 1. The smallest absolute Gasteiger partial charge is 0.238 e. The molecule has 0 saturated carbocycles. The summed E-state index contributed by atoms with van der Waals surface area (Å²) < 4.78 is 45.3. The van der Waals surface area contributed by atoms with Gasteiger partial charge >= 0.3 is 0 Å². The lowest BCUT2D eigenvalue weighted by atomic mass is 10.0. The van der Waals surface area contributed by atoms with E-state index >= 15 is 0 Å². The van der Waals surface area contributed by atoms with Crippen LogP contribution in [-0.4, -0.2) is 86.0 Å². The third kappa shape index (κ3) is 10.3. The molecule has 0 atom stereocenters. The zero-order valence-corrected chi connectivity index (χ0v) is 23.5. The first kappa shape index (κ1) is 31.2. The second-order valence-electron chi connectivity index (χ2n) is 9.65. The number of nitrogens with zero attached hydrogens (tertiary/aromatic N) is 3. The second-order valence-corrected chi connectivity index (χ2v) is 11.9. The standard InChI is InChI=1S/C27H44FN3O5S/c1-4-6-7-8-9-13-26(32)29-16-14-25(15-17-29)31(21-23-11-10-12-24(28)20-23)27(33)22-30(18-19-36-3)37(34,35)5-2/h10-12,20,25H,4-9,13-19,21-22H2,1-3H3. The van der Waals surface area contributed by atoms with Crippen molar-refractivity contribution < 1.29 is 27.1 Å². The summed E-state index contributed by atoms with van der Waals surface area (Å²) in [5.74, 6) is -0.692. The predicted octanol–water partition coefficient (Wildman–Crippen LogP) is 3.80. The quantitative estimate of drug-likeness (QED) is 0.297. The Balaban J connectivity index is 2.09. The van der Waals surface area contributed by atoms with Crippen LogP contribution < -0.4 is 0 Å². The van der Waals surface area contributed by atoms with Crippen molar-refractivity contribution in [2.75, 3.05) is 45.6 Å². The SMILES string of the molecule is CCCCCCCC(=O)N1CCC(N(Cc2cccc(F)c2)C(=O)CN(CCOC)S(=O)(=O)CC)CC1. The average molecular weight is 542 g/mol. The molecule has 1 aromatic carbocycles. The minimum atomic E-state index is -3.61. The number of carbonyl (C=O) groups excluding carboxylic acids is 2. The summed E-state index contributed by atoms with van der Waals surface area (Å²) >= 11 is 0. The number of methoxy groups -OCH3 is 1. The summed E-state index contributed by atoms with van der Waals surface area (Å²) in [5, 5.41) is 0. The van der Waals surface area contributed by atoms with Crippen molar-refractivity contribution in [2.45, 2.75) is 77.8 Å². The maximum absolute atomic E-state index is 13.9. The van der Waals surface area contributed by atoms with Crippen LogP contribution in [0.3, 0.4) is 0 Å². The number of benzene rings is 1. The fourth-order valence-electron chi connectivity index (χ4n) is 4.65. The maximum atomic E-state index is 13.9. The van der Waals surface area contributed by atoms with E-state index in [9.17, 15) is 22.4 Å². The highest BCUT2D eigenvalue weighted by atomic mass is 32.2. The molecule has 8 nitrogen and oxygen atoms in total. The number of hydrogen-bond donors (Lipinski definition) is 0. The Bertz CT molecular complexity index is 951. The van der Waals surface area contributed by atoms with Crippen LogP contribution in [0.15, 0.2) is 24.3 Å². The summed E-state index contributed by atoms with van der Waals surface area (Å²) in [5.41, 5.74) is 0.640. The van der Waals surface area contributed by atoms with Gasteiger partial charge in [-0.25, -0.2) is 12.8 Å². The monoisotopic (exact) mass is 541 g/mol. The van der Waals surface area contributed by atoms with Crippen LogP contribution in [-0.2, 0) is 30.9 Å². The molecule has 0 spiro atoms. The molecule has 0 radical (unpaired) electrons. The third-order valence-corrected chi connectivity index (χ3v) is 8.76. The highest BCUT2D eigenvalue weighted by Gasteiger charge is 2.32. The molecule has 10 heteroatoms. The number of carbonyl (C=O) groups is 2. The van der Waals surface area contributed by atoms with Crippen LogP contribution in [0.1, 0.15) is 70.8 Å². The minimum Gasteiger partial charge on any atom is -0.383 e. The normalized spacial score (nSPS) is 14.8. The first-order chi connectivity index (χ1) is 17.7. The summed E-state index contributed by atoms with van der Waals surface area (Å²) in [7, 11) is -2.13. The van der Waals surface area contributed by atoms with Crippen molar-refractivity contribution >= 4 is 21.8 Å². The van der Waals surface area contributed by atoms with Crippen LogP contribution in [0, 0.1) is 5.82 Å². The van der Waals surface area contributed by atoms with Gasteiger partial charge < -0.3 is 14.5 Å². The molecule has 0 unspecified atom stereocenters. The van der Waals surface area contributed by atoms with Crippen molar-refractivity contribution in [3.8, 4) is 0 Å². The number of sulfonamides is 1. The van der Waals surface area contributed by atoms with Gasteiger partial charge in [0.25, 0.3) is 0 Å².